The second kappa shape index (κ2) is 4.05. The predicted molar refractivity (Wildman–Crippen MR) is 63.3 cm³/mol. The molecule has 2 aromatic rings. The topological polar surface area (TPSA) is 67.5 Å². The average molecular weight is 232 g/mol. The summed E-state index contributed by atoms with van der Waals surface area (Å²) in [5, 5.41) is 10.1. The van der Waals surface area contributed by atoms with Gasteiger partial charge in [0.25, 0.3) is 0 Å². The van der Waals surface area contributed by atoms with Crippen molar-refractivity contribution in [3.05, 3.63) is 39.7 Å². The van der Waals surface area contributed by atoms with E-state index in [2.05, 4.69) is 0 Å². The zero-order chi connectivity index (χ0) is 12.6. The molecule has 0 spiro atoms. The van der Waals surface area contributed by atoms with Crippen LogP contribution in [0.25, 0.3) is 11.0 Å². The number of benzene rings is 1. The molecule has 4 nitrogen and oxygen atoms in total. The Balaban J connectivity index is 2.80. The van der Waals surface area contributed by atoms with Crippen LogP contribution in [0.15, 0.2) is 27.4 Å². The van der Waals surface area contributed by atoms with Crippen molar-refractivity contribution in [2.24, 2.45) is 0 Å². The summed E-state index contributed by atoms with van der Waals surface area (Å²) < 4.78 is 5.39. The van der Waals surface area contributed by atoms with E-state index in [4.69, 9.17) is 4.42 Å². The second-order valence-electron chi connectivity index (χ2n) is 4.03. The summed E-state index contributed by atoms with van der Waals surface area (Å²) in [6, 6.07) is 5.17. The van der Waals surface area contributed by atoms with Gasteiger partial charge in [-0.2, -0.15) is 0 Å². The van der Waals surface area contributed by atoms with Crippen LogP contribution in [-0.4, -0.2) is 10.9 Å². The molecule has 0 unspecified atom stereocenters. The molecule has 2 rings (SSSR count). The summed E-state index contributed by atoms with van der Waals surface area (Å²) in [5.74, 6) is -0.613. The van der Waals surface area contributed by atoms with Gasteiger partial charge in [0.05, 0.1) is 11.8 Å². The zero-order valence-corrected chi connectivity index (χ0v) is 9.61. The highest BCUT2D eigenvalue weighted by Crippen LogP contribution is 2.22. The number of aryl methyl sites for hydroxylation is 1. The predicted octanol–water partition coefficient (Wildman–Crippen LogP) is 1.94. The number of aromatic hydroxyl groups is 1. The maximum absolute atomic E-state index is 11.9. The third-order valence-corrected chi connectivity index (χ3v) is 2.58. The van der Waals surface area contributed by atoms with E-state index in [1.54, 1.807) is 25.1 Å². The molecule has 88 valence electrons. The number of hydrogen-bond acceptors (Lipinski definition) is 4. The lowest BCUT2D eigenvalue weighted by molar-refractivity contribution is -0.116. The summed E-state index contributed by atoms with van der Waals surface area (Å²) in [6.07, 6.45) is -0.0784. The van der Waals surface area contributed by atoms with Gasteiger partial charge in [0, 0.05) is 0 Å². The maximum atomic E-state index is 11.9. The largest absolute Gasteiger partial charge is 0.502 e. The molecule has 0 bridgehead atoms. The average Bonchev–Trinajstić information content (AvgIpc) is 2.24. The lowest BCUT2D eigenvalue weighted by Crippen LogP contribution is -2.08. The first kappa shape index (κ1) is 11.4. The fourth-order valence-electron chi connectivity index (χ4n) is 1.79. The number of ketones is 1. The van der Waals surface area contributed by atoms with Crippen LogP contribution in [-0.2, 0) is 11.2 Å². The first-order chi connectivity index (χ1) is 8.00. The SMILES string of the molecule is CC(=O)Cc1oc2cccc(C)c2c(=O)c1O. The summed E-state index contributed by atoms with van der Waals surface area (Å²) in [7, 11) is 0. The molecular weight excluding hydrogens is 220 g/mol. The van der Waals surface area contributed by atoms with Crippen molar-refractivity contribution >= 4 is 16.8 Å². The van der Waals surface area contributed by atoms with Crippen LogP contribution in [0.3, 0.4) is 0 Å². The Morgan fingerprint density at radius 1 is 1.41 bits per heavy atom. The monoisotopic (exact) mass is 232 g/mol. The van der Waals surface area contributed by atoms with Crippen molar-refractivity contribution in [3.63, 3.8) is 0 Å². The van der Waals surface area contributed by atoms with Crippen molar-refractivity contribution < 1.29 is 14.3 Å². The summed E-state index contributed by atoms with van der Waals surface area (Å²) in [6.45, 7) is 3.14. The fraction of sp³-hybridized carbons (Fsp3) is 0.231. The Kier molecular flexibility index (Phi) is 2.71. The van der Waals surface area contributed by atoms with E-state index in [0.29, 0.717) is 11.0 Å². The van der Waals surface area contributed by atoms with Crippen LogP contribution >= 0.6 is 0 Å². The Morgan fingerprint density at radius 3 is 2.76 bits per heavy atom. The third kappa shape index (κ3) is 1.93. The first-order valence-corrected chi connectivity index (χ1v) is 5.24. The molecule has 0 aliphatic carbocycles. The number of rotatable bonds is 2. The van der Waals surface area contributed by atoms with E-state index >= 15 is 0 Å². The van der Waals surface area contributed by atoms with Crippen LogP contribution in [0.2, 0.25) is 0 Å². The molecule has 17 heavy (non-hydrogen) atoms. The van der Waals surface area contributed by atoms with Crippen molar-refractivity contribution in [1.82, 2.24) is 0 Å². The van der Waals surface area contributed by atoms with Crippen LogP contribution in [0, 0.1) is 6.92 Å². The summed E-state index contributed by atoms with van der Waals surface area (Å²) >= 11 is 0. The highest BCUT2D eigenvalue weighted by molar-refractivity contribution is 5.83. The van der Waals surface area contributed by atoms with Crippen molar-refractivity contribution in [2.75, 3.05) is 0 Å². The summed E-state index contributed by atoms with van der Waals surface area (Å²) in [4.78, 5) is 22.9. The smallest absolute Gasteiger partial charge is 0.234 e. The number of Topliss-reactive ketones (excluding diaryl/α,β-unsaturated/α-hetero) is 1. The van der Waals surface area contributed by atoms with Gasteiger partial charge in [-0.1, -0.05) is 12.1 Å². The molecule has 0 atom stereocenters. The molecule has 0 aliphatic rings. The Bertz CT molecular complexity index is 652. The van der Waals surface area contributed by atoms with Crippen molar-refractivity contribution in [1.29, 1.82) is 0 Å². The van der Waals surface area contributed by atoms with E-state index in [-0.39, 0.29) is 18.0 Å². The Hall–Kier alpha value is -2.10. The van der Waals surface area contributed by atoms with Crippen molar-refractivity contribution in [3.8, 4) is 5.75 Å². The van der Waals surface area contributed by atoms with Crippen LogP contribution < -0.4 is 5.43 Å². The van der Waals surface area contributed by atoms with E-state index < -0.39 is 11.2 Å². The van der Waals surface area contributed by atoms with Gasteiger partial charge in [-0.3, -0.25) is 9.59 Å². The highest BCUT2D eigenvalue weighted by atomic mass is 16.4. The van der Waals surface area contributed by atoms with Gasteiger partial charge >= 0.3 is 0 Å². The Labute approximate surface area is 97.5 Å². The van der Waals surface area contributed by atoms with E-state index in [0.717, 1.165) is 5.56 Å². The molecule has 0 radical (unpaired) electrons. The molecule has 0 saturated carbocycles. The lowest BCUT2D eigenvalue weighted by atomic mass is 10.1. The first-order valence-electron chi connectivity index (χ1n) is 5.24. The van der Waals surface area contributed by atoms with Gasteiger partial charge in [-0.05, 0) is 25.5 Å². The molecule has 0 fully saturated rings. The Morgan fingerprint density at radius 2 is 2.12 bits per heavy atom. The molecule has 1 aromatic carbocycles. The molecule has 1 aromatic heterocycles. The molecule has 1 N–H and O–H groups in total. The lowest BCUT2D eigenvalue weighted by Gasteiger charge is -2.05. The number of carbonyl (C=O) groups is 1. The molecule has 1 heterocycles. The van der Waals surface area contributed by atoms with Crippen molar-refractivity contribution in [2.45, 2.75) is 20.3 Å². The minimum atomic E-state index is -0.486. The van der Waals surface area contributed by atoms with Crippen LogP contribution in [0.1, 0.15) is 18.2 Å². The minimum Gasteiger partial charge on any atom is -0.502 e. The quantitative estimate of drug-likeness (QED) is 0.859. The van der Waals surface area contributed by atoms with Crippen LogP contribution in [0.4, 0.5) is 0 Å². The highest BCUT2D eigenvalue weighted by Gasteiger charge is 2.15. The van der Waals surface area contributed by atoms with Gasteiger partial charge in [-0.25, -0.2) is 0 Å². The summed E-state index contributed by atoms with van der Waals surface area (Å²) in [5.41, 5.74) is 0.644. The fourth-order valence-corrected chi connectivity index (χ4v) is 1.79. The third-order valence-electron chi connectivity index (χ3n) is 2.58. The van der Waals surface area contributed by atoms with Gasteiger partial charge < -0.3 is 9.52 Å². The number of fused-ring (bicyclic) bond motifs is 1. The second-order valence-corrected chi connectivity index (χ2v) is 4.03. The number of hydrogen-bond donors (Lipinski definition) is 1. The minimum absolute atomic E-state index is 0.0283. The van der Waals surface area contributed by atoms with Crippen LogP contribution in [0.5, 0.6) is 5.75 Å². The number of carbonyl (C=O) groups excluding carboxylic acids is 1. The molecule has 0 amide bonds. The molecule has 4 heteroatoms. The molecular formula is C13H12O4. The van der Waals surface area contributed by atoms with Gasteiger partial charge in [0.15, 0.2) is 5.76 Å². The zero-order valence-electron chi connectivity index (χ0n) is 9.61. The van der Waals surface area contributed by atoms with E-state index in [1.807, 2.05) is 0 Å². The molecule has 0 saturated heterocycles. The van der Waals surface area contributed by atoms with Gasteiger partial charge in [0.1, 0.15) is 11.4 Å². The normalized spacial score (nSPS) is 10.7. The standard InChI is InChI=1S/C13H12O4/c1-7-4-3-5-9-11(7)13(16)12(15)10(17-9)6-8(2)14/h3-5,15H,6H2,1-2H3. The maximum Gasteiger partial charge on any atom is 0.234 e. The van der Waals surface area contributed by atoms with E-state index in [9.17, 15) is 14.7 Å². The van der Waals surface area contributed by atoms with E-state index in [1.165, 1.54) is 6.92 Å². The van der Waals surface area contributed by atoms with Gasteiger partial charge in [-0.15, -0.1) is 0 Å². The molecule has 0 aliphatic heterocycles. The van der Waals surface area contributed by atoms with Gasteiger partial charge in [0.2, 0.25) is 11.2 Å².